The minimum absolute atomic E-state index is 0.0261. The molecule has 1 aliphatic heterocycles. The van der Waals surface area contributed by atoms with E-state index in [-0.39, 0.29) is 29.9 Å². The molecular weight excluding hydrogens is 356 g/mol. The number of urea groups is 1. The lowest BCUT2D eigenvalue weighted by molar-refractivity contribution is -0.122. The molecule has 0 spiro atoms. The van der Waals surface area contributed by atoms with Gasteiger partial charge in [-0.2, -0.15) is 5.26 Å². The highest BCUT2D eigenvalue weighted by molar-refractivity contribution is 5.94. The zero-order valence-electron chi connectivity index (χ0n) is 14.3. The molecule has 0 aliphatic carbocycles. The zero-order valence-corrected chi connectivity index (χ0v) is 14.3. The molecule has 0 radical (unpaired) electrons. The molecule has 138 valence electrons. The van der Waals surface area contributed by atoms with E-state index in [9.17, 15) is 18.4 Å². The Labute approximate surface area is 153 Å². The molecule has 1 atom stereocenters. The van der Waals surface area contributed by atoms with Gasteiger partial charge in [-0.3, -0.25) is 9.78 Å². The summed E-state index contributed by atoms with van der Waals surface area (Å²) in [5.74, 6) is -1.74. The van der Waals surface area contributed by atoms with Gasteiger partial charge in [0.15, 0.2) is 0 Å². The number of pyridine rings is 1. The molecule has 2 N–H and O–H groups in total. The maximum Gasteiger partial charge on any atom is 0.322 e. The van der Waals surface area contributed by atoms with Gasteiger partial charge in [0.2, 0.25) is 5.91 Å². The van der Waals surface area contributed by atoms with Gasteiger partial charge in [0.25, 0.3) is 0 Å². The van der Waals surface area contributed by atoms with Crippen molar-refractivity contribution in [3.63, 3.8) is 0 Å². The van der Waals surface area contributed by atoms with E-state index in [1.54, 1.807) is 12.1 Å². The maximum absolute atomic E-state index is 14.0. The molecule has 0 bridgehead atoms. The largest absolute Gasteiger partial charge is 0.346 e. The van der Waals surface area contributed by atoms with E-state index in [0.717, 1.165) is 11.0 Å². The number of carbonyl (C=O) groups is 2. The minimum Gasteiger partial charge on any atom is -0.346 e. The van der Waals surface area contributed by atoms with Crippen LogP contribution in [0.25, 0.3) is 0 Å². The lowest BCUT2D eigenvalue weighted by Crippen LogP contribution is -2.45. The zero-order chi connectivity index (χ0) is 19.6. The van der Waals surface area contributed by atoms with Gasteiger partial charge in [-0.05, 0) is 25.1 Å². The Morgan fingerprint density at radius 3 is 2.93 bits per heavy atom. The second-order valence-electron chi connectivity index (χ2n) is 6.04. The summed E-state index contributed by atoms with van der Waals surface area (Å²) in [6.45, 7) is 1.14. The van der Waals surface area contributed by atoms with E-state index in [0.29, 0.717) is 5.69 Å². The number of benzene rings is 1. The number of amides is 3. The van der Waals surface area contributed by atoms with Crippen LogP contribution in [0.1, 0.15) is 29.8 Å². The van der Waals surface area contributed by atoms with Crippen LogP contribution in [0, 0.1) is 23.0 Å². The normalized spacial score (nSPS) is 14.0. The molecule has 0 saturated heterocycles. The number of fused-ring (bicyclic) bond motifs is 1. The molecule has 0 unspecified atom stereocenters. The van der Waals surface area contributed by atoms with E-state index < -0.39 is 29.6 Å². The fraction of sp³-hybridized carbons (Fsp3) is 0.222. The molecule has 2 aromatic rings. The fourth-order valence-electron chi connectivity index (χ4n) is 2.78. The molecule has 3 rings (SSSR count). The van der Waals surface area contributed by atoms with Crippen LogP contribution in [0.5, 0.6) is 0 Å². The lowest BCUT2D eigenvalue weighted by atomic mass is 10.1. The maximum atomic E-state index is 14.0. The molecule has 1 aliphatic rings. The summed E-state index contributed by atoms with van der Waals surface area (Å²) >= 11 is 0. The van der Waals surface area contributed by atoms with Crippen LogP contribution in [0.15, 0.2) is 30.5 Å². The van der Waals surface area contributed by atoms with Crippen molar-refractivity contribution in [1.29, 1.82) is 5.26 Å². The smallest absolute Gasteiger partial charge is 0.322 e. The van der Waals surface area contributed by atoms with E-state index >= 15 is 0 Å². The molecule has 0 saturated carbocycles. The van der Waals surface area contributed by atoms with Crippen molar-refractivity contribution in [2.45, 2.75) is 19.5 Å². The number of nitrogens with one attached hydrogen (secondary N) is 2. The van der Waals surface area contributed by atoms with Crippen LogP contribution in [0.4, 0.5) is 19.3 Å². The number of nitrogens with zero attached hydrogens (tertiary/aromatic N) is 3. The van der Waals surface area contributed by atoms with Crippen molar-refractivity contribution in [3.05, 3.63) is 58.9 Å². The molecule has 7 nitrogen and oxygen atoms in total. The Hall–Kier alpha value is -3.54. The monoisotopic (exact) mass is 371 g/mol. The predicted molar refractivity (Wildman–Crippen MR) is 91.3 cm³/mol. The molecule has 2 heterocycles. The second kappa shape index (κ2) is 7.37. The standard InChI is InChI=1S/C18H15F2N5O2/c1-10(17-14(20)5-11(6-21)7-22-17)23-16(26)9-25-8-12-13(19)3-2-4-15(12)24-18(25)27/h2-5,7,10H,8-9H2,1H3,(H,23,26)(H,24,27)/t10-/m0/s1. The summed E-state index contributed by atoms with van der Waals surface area (Å²) < 4.78 is 27.9. The third-order valence-corrected chi connectivity index (χ3v) is 4.12. The average Bonchev–Trinajstić information content (AvgIpc) is 2.62. The van der Waals surface area contributed by atoms with Gasteiger partial charge in [0.1, 0.15) is 24.2 Å². The van der Waals surface area contributed by atoms with Crippen molar-refractivity contribution in [2.75, 3.05) is 11.9 Å². The molecule has 27 heavy (non-hydrogen) atoms. The van der Waals surface area contributed by atoms with Crippen LogP contribution in [-0.2, 0) is 11.3 Å². The number of anilines is 1. The summed E-state index contributed by atoms with van der Waals surface area (Å²) in [6, 6.07) is 5.84. The Kier molecular flexibility index (Phi) is 4.98. The minimum atomic E-state index is -0.776. The van der Waals surface area contributed by atoms with Gasteiger partial charge in [0.05, 0.1) is 29.5 Å². The van der Waals surface area contributed by atoms with E-state index in [1.807, 2.05) is 0 Å². The number of rotatable bonds is 4. The van der Waals surface area contributed by atoms with Crippen LogP contribution >= 0.6 is 0 Å². The quantitative estimate of drug-likeness (QED) is 0.863. The molecule has 3 amide bonds. The highest BCUT2D eigenvalue weighted by Gasteiger charge is 2.27. The van der Waals surface area contributed by atoms with Gasteiger partial charge in [-0.25, -0.2) is 13.6 Å². The molecular formula is C18H15F2N5O2. The Morgan fingerprint density at radius 1 is 1.44 bits per heavy atom. The van der Waals surface area contributed by atoms with Gasteiger partial charge >= 0.3 is 6.03 Å². The van der Waals surface area contributed by atoms with Crippen LogP contribution in [0.3, 0.4) is 0 Å². The molecule has 1 aromatic heterocycles. The first-order valence-electron chi connectivity index (χ1n) is 8.07. The van der Waals surface area contributed by atoms with Crippen molar-refractivity contribution < 1.29 is 18.4 Å². The summed E-state index contributed by atoms with van der Waals surface area (Å²) in [7, 11) is 0. The number of carbonyl (C=O) groups excluding carboxylic acids is 2. The number of halogens is 2. The molecule has 1 aromatic carbocycles. The van der Waals surface area contributed by atoms with Gasteiger partial charge in [-0.1, -0.05) is 6.07 Å². The summed E-state index contributed by atoms with van der Waals surface area (Å²) in [5.41, 5.74) is 0.703. The van der Waals surface area contributed by atoms with E-state index in [1.165, 1.54) is 25.3 Å². The van der Waals surface area contributed by atoms with Gasteiger partial charge < -0.3 is 15.5 Å². The van der Waals surface area contributed by atoms with Crippen molar-refractivity contribution in [2.24, 2.45) is 0 Å². The Morgan fingerprint density at radius 2 is 2.22 bits per heavy atom. The first-order chi connectivity index (χ1) is 12.9. The van der Waals surface area contributed by atoms with E-state index in [4.69, 9.17) is 5.26 Å². The lowest BCUT2D eigenvalue weighted by Gasteiger charge is -2.29. The number of hydrogen-bond acceptors (Lipinski definition) is 4. The molecule has 0 fully saturated rings. The highest BCUT2D eigenvalue weighted by atomic mass is 19.1. The van der Waals surface area contributed by atoms with Crippen LogP contribution in [0.2, 0.25) is 0 Å². The summed E-state index contributed by atoms with van der Waals surface area (Å²) in [4.78, 5) is 29.3. The van der Waals surface area contributed by atoms with Gasteiger partial charge in [-0.15, -0.1) is 0 Å². The number of aromatic nitrogens is 1. The summed E-state index contributed by atoms with van der Waals surface area (Å²) in [5, 5.41) is 13.8. The highest BCUT2D eigenvalue weighted by Crippen LogP contribution is 2.25. The number of hydrogen-bond donors (Lipinski definition) is 2. The third-order valence-electron chi connectivity index (χ3n) is 4.12. The Balaban J connectivity index is 1.66. The SMILES string of the molecule is C[C@H](NC(=O)CN1Cc2c(F)cccc2NC1=O)c1ncc(C#N)cc1F. The number of nitriles is 1. The third kappa shape index (κ3) is 3.84. The average molecular weight is 371 g/mol. The summed E-state index contributed by atoms with van der Waals surface area (Å²) in [6.07, 6.45) is 1.21. The fourth-order valence-corrected chi connectivity index (χ4v) is 2.78. The predicted octanol–water partition coefficient (Wildman–Crippen LogP) is 2.46. The van der Waals surface area contributed by atoms with Crippen LogP contribution in [-0.4, -0.2) is 28.4 Å². The van der Waals surface area contributed by atoms with Crippen LogP contribution < -0.4 is 10.6 Å². The first kappa shape index (κ1) is 18.3. The van der Waals surface area contributed by atoms with Crippen molar-refractivity contribution in [3.8, 4) is 6.07 Å². The van der Waals surface area contributed by atoms with Crippen molar-refractivity contribution in [1.82, 2.24) is 15.2 Å². The second-order valence-corrected chi connectivity index (χ2v) is 6.04. The Bertz CT molecular complexity index is 957. The van der Waals surface area contributed by atoms with Crippen molar-refractivity contribution >= 4 is 17.6 Å². The first-order valence-corrected chi connectivity index (χ1v) is 8.07. The molecule has 9 heteroatoms. The van der Waals surface area contributed by atoms with Gasteiger partial charge in [0, 0.05) is 11.8 Å². The topological polar surface area (TPSA) is 98.1 Å². The van der Waals surface area contributed by atoms with E-state index in [2.05, 4.69) is 15.6 Å².